The molecule has 2 aromatic heterocycles. The SMILES string of the molecule is Nc1ccc(C(=O)NCCc2ncn[nH]2)nc1. The van der Waals surface area contributed by atoms with Crippen LogP contribution in [-0.2, 0) is 6.42 Å². The summed E-state index contributed by atoms with van der Waals surface area (Å²) in [6, 6.07) is 3.22. The van der Waals surface area contributed by atoms with Crippen molar-refractivity contribution in [2.45, 2.75) is 6.42 Å². The Balaban J connectivity index is 1.83. The van der Waals surface area contributed by atoms with E-state index in [0.717, 1.165) is 5.82 Å². The normalized spacial score (nSPS) is 10.1. The number of nitrogens with two attached hydrogens (primary N) is 1. The van der Waals surface area contributed by atoms with Crippen LogP contribution in [0.25, 0.3) is 0 Å². The number of hydrogen-bond acceptors (Lipinski definition) is 5. The molecule has 7 heteroatoms. The summed E-state index contributed by atoms with van der Waals surface area (Å²) in [4.78, 5) is 19.5. The van der Waals surface area contributed by atoms with Crippen molar-refractivity contribution in [3.63, 3.8) is 0 Å². The van der Waals surface area contributed by atoms with Gasteiger partial charge in [0, 0.05) is 13.0 Å². The molecular formula is C10H12N6O. The van der Waals surface area contributed by atoms with Gasteiger partial charge in [0.05, 0.1) is 11.9 Å². The summed E-state index contributed by atoms with van der Waals surface area (Å²) in [5.41, 5.74) is 6.35. The van der Waals surface area contributed by atoms with Gasteiger partial charge >= 0.3 is 0 Å². The minimum absolute atomic E-state index is 0.232. The lowest BCUT2D eigenvalue weighted by Gasteiger charge is -2.03. The number of rotatable bonds is 4. The molecule has 4 N–H and O–H groups in total. The lowest BCUT2D eigenvalue weighted by Crippen LogP contribution is -2.26. The van der Waals surface area contributed by atoms with Gasteiger partial charge < -0.3 is 11.1 Å². The molecule has 88 valence electrons. The number of carbonyl (C=O) groups is 1. The number of nitrogen functional groups attached to an aromatic ring is 1. The quantitative estimate of drug-likeness (QED) is 0.673. The summed E-state index contributed by atoms with van der Waals surface area (Å²) in [6.07, 6.45) is 3.48. The number of amides is 1. The minimum atomic E-state index is -0.232. The first-order valence-electron chi connectivity index (χ1n) is 5.09. The molecule has 0 bridgehead atoms. The van der Waals surface area contributed by atoms with Crippen molar-refractivity contribution in [1.29, 1.82) is 0 Å². The average Bonchev–Trinajstić information content (AvgIpc) is 2.83. The summed E-state index contributed by atoms with van der Waals surface area (Å²) in [5, 5.41) is 9.15. The second-order valence-corrected chi connectivity index (χ2v) is 3.41. The fourth-order valence-corrected chi connectivity index (χ4v) is 1.28. The highest BCUT2D eigenvalue weighted by molar-refractivity contribution is 5.92. The summed E-state index contributed by atoms with van der Waals surface area (Å²) in [5.74, 6) is 0.500. The van der Waals surface area contributed by atoms with Crippen molar-refractivity contribution in [2.24, 2.45) is 0 Å². The summed E-state index contributed by atoms with van der Waals surface area (Å²) in [7, 11) is 0. The molecule has 0 atom stereocenters. The van der Waals surface area contributed by atoms with Gasteiger partial charge in [-0.1, -0.05) is 0 Å². The van der Waals surface area contributed by atoms with Crippen molar-refractivity contribution >= 4 is 11.6 Å². The molecule has 0 spiro atoms. The zero-order valence-electron chi connectivity index (χ0n) is 9.05. The number of nitrogens with zero attached hydrogens (tertiary/aromatic N) is 3. The number of pyridine rings is 1. The van der Waals surface area contributed by atoms with E-state index in [0.29, 0.717) is 24.3 Å². The second-order valence-electron chi connectivity index (χ2n) is 3.41. The molecule has 0 aliphatic rings. The Bertz CT molecular complexity index is 478. The van der Waals surface area contributed by atoms with Gasteiger partial charge in [-0.2, -0.15) is 5.10 Å². The van der Waals surface area contributed by atoms with E-state index < -0.39 is 0 Å². The third-order valence-corrected chi connectivity index (χ3v) is 2.13. The highest BCUT2D eigenvalue weighted by Crippen LogP contribution is 2.00. The van der Waals surface area contributed by atoms with Crippen LogP contribution in [0.1, 0.15) is 16.3 Å². The third kappa shape index (κ3) is 3.00. The smallest absolute Gasteiger partial charge is 0.269 e. The lowest BCUT2D eigenvalue weighted by molar-refractivity contribution is 0.0949. The van der Waals surface area contributed by atoms with E-state index in [1.807, 2.05) is 0 Å². The van der Waals surface area contributed by atoms with Crippen LogP contribution < -0.4 is 11.1 Å². The molecule has 2 rings (SSSR count). The van der Waals surface area contributed by atoms with Crippen LogP contribution in [-0.4, -0.2) is 32.6 Å². The number of carbonyl (C=O) groups excluding carboxylic acids is 1. The van der Waals surface area contributed by atoms with Crippen LogP contribution in [0.4, 0.5) is 5.69 Å². The van der Waals surface area contributed by atoms with Gasteiger partial charge in [0.15, 0.2) is 0 Å². The number of nitrogens with one attached hydrogen (secondary N) is 2. The first-order chi connectivity index (χ1) is 8.25. The van der Waals surface area contributed by atoms with E-state index in [-0.39, 0.29) is 5.91 Å². The molecular weight excluding hydrogens is 220 g/mol. The summed E-state index contributed by atoms with van der Waals surface area (Å²) in [6.45, 7) is 0.472. The zero-order chi connectivity index (χ0) is 12.1. The van der Waals surface area contributed by atoms with Crippen molar-refractivity contribution in [3.05, 3.63) is 36.2 Å². The highest BCUT2D eigenvalue weighted by atomic mass is 16.1. The number of aromatic amines is 1. The van der Waals surface area contributed by atoms with Gasteiger partial charge in [0.2, 0.25) is 0 Å². The van der Waals surface area contributed by atoms with Crippen molar-refractivity contribution < 1.29 is 4.79 Å². The van der Waals surface area contributed by atoms with E-state index in [9.17, 15) is 4.79 Å². The van der Waals surface area contributed by atoms with Crippen LogP contribution in [0.2, 0.25) is 0 Å². The molecule has 0 aromatic carbocycles. The Labute approximate surface area is 97.5 Å². The molecule has 1 amide bonds. The fraction of sp³-hybridized carbons (Fsp3) is 0.200. The monoisotopic (exact) mass is 232 g/mol. The van der Waals surface area contributed by atoms with Crippen LogP contribution in [0.3, 0.4) is 0 Å². The largest absolute Gasteiger partial charge is 0.397 e. The minimum Gasteiger partial charge on any atom is -0.397 e. The molecule has 2 heterocycles. The van der Waals surface area contributed by atoms with E-state index in [2.05, 4.69) is 25.5 Å². The number of hydrogen-bond donors (Lipinski definition) is 3. The zero-order valence-corrected chi connectivity index (χ0v) is 9.05. The molecule has 2 aromatic rings. The molecule has 0 saturated carbocycles. The van der Waals surface area contributed by atoms with Gasteiger partial charge in [0.1, 0.15) is 17.8 Å². The summed E-state index contributed by atoms with van der Waals surface area (Å²) >= 11 is 0. The van der Waals surface area contributed by atoms with Crippen LogP contribution in [0, 0.1) is 0 Å². The molecule has 0 radical (unpaired) electrons. The van der Waals surface area contributed by atoms with E-state index in [1.54, 1.807) is 12.1 Å². The predicted octanol–water partition coefficient (Wildman–Crippen LogP) is -0.246. The third-order valence-electron chi connectivity index (χ3n) is 2.13. The van der Waals surface area contributed by atoms with Gasteiger partial charge in [-0.05, 0) is 12.1 Å². The molecule has 0 aliphatic heterocycles. The van der Waals surface area contributed by atoms with Gasteiger partial charge in [0.25, 0.3) is 5.91 Å². The maximum atomic E-state index is 11.6. The Morgan fingerprint density at radius 3 is 2.94 bits per heavy atom. The van der Waals surface area contributed by atoms with E-state index in [1.165, 1.54) is 12.5 Å². The molecule has 0 unspecified atom stereocenters. The van der Waals surface area contributed by atoms with Crippen molar-refractivity contribution in [3.8, 4) is 0 Å². The second kappa shape index (κ2) is 5.06. The van der Waals surface area contributed by atoms with Crippen LogP contribution >= 0.6 is 0 Å². The maximum absolute atomic E-state index is 11.6. The van der Waals surface area contributed by atoms with Crippen LogP contribution in [0.15, 0.2) is 24.7 Å². The molecule has 0 fully saturated rings. The van der Waals surface area contributed by atoms with E-state index >= 15 is 0 Å². The standard InChI is InChI=1S/C10H12N6O/c11-7-1-2-8(13-5-7)10(17)12-4-3-9-14-6-15-16-9/h1-2,5-6H,3-4,11H2,(H,12,17)(H,14,15,16). The first-order valence-corrected chi connectivity index (χ1v) is 5.09. The maximum Gasteiger partial charge on any atom is 0.269 e. The number of H-pyrrole nitrogens is 1. The topological polar surface area (TPSA) is 110 Å². The Hall–Kier alpha value is -2.44. The predicted molar refractivity (Wildman–Crippen MR) is 61.1 cm³/mol. The molecule has 0 aliphatic carbocycles. The van der Waals surface area contributed by atoms with Crippen LogP contribution in [0.5, 0.6) is 0 Å². The molecule has 0 saturated heterocycles. The Morgan fingerprint density at radius 1 is 1.41 bits per heavy atom. The molecule has 7 nitrogen and oxygen atoms in total. The van der Waals surface area contributed by atoms with Crippen molar-refractivity contribution in [2.75, 3.05) is 12.3 Å². The van der Waals surface area contributed by atoms with Gasteiger partial charge in [-0.3, -0.25) is 9.89 Å². The van der Waals surface area contributed by atoms with Gasteiger partial charge in [-0.25, -0.2) is 9.97 Å². The number of aromatic nitrogens is 4. The molecule has 17 heavy (non-hydrogen) atoms. The average molecular weight is 232 g/mol. The fourth-order valence-electron chi connectivity index (χ4n) is 1.28. The Kier molecular flexibility index (Phi) is 3.29. The highest BCUT2D eigenvalue weighted by Gasteiger charge is 2.06. The first kappa shape index (κ1) is 11.1. The van der Waals surface area contributed by atoms with Gasteiger partial charge in [-0.15, -0.1) is 0 Å². The summed E-state index contributed by atoms with van der Waals surface area (Å²) < 4.78 is 0. The van der Waals surface area contributed by atoms with Crippen molar-refractivity contribution in [1.82, 2.24) is 25.5 Å². The Morgan fingerprint density at radius 2 is 2.29 bits per heavy atom. The number of anilines is 1. The van der Waals surface area contributed by atoms with E-state index in [4.69, 9.17) is 5.73 Å². The lowest BCUT2D eigenvalue weighted by atomic mass is 10.3.